The molecule has 0 amide bonds. The summed E-state index contributed by atoms with van der Waals surface area (Å²) in [6.07, 6.45) is 0.831. The Kier molecular flexibility index (Phi) is 4.41. The van der Waals surface area contributed by atoms with E-state index in [0.29, 0.717) is 24.2 Å². The Morgan fingerprint density at radius 1 is 1.15 bits per heavy atom. The van der Waals surface area contributed by atoms with E-state index in [1.165, 1.54) is 29.6 Å². The smallest absolute Gasteiger partial charge is 0.339 e. The lowest BCUT2D eigenvalue weighted by molar-refractivity contribution is -0.0329. The zero-order chi connectivity index (χ0) is 19.2. The van der Waals surface area contributed by atoms with E-state index in [0.717, 1.165) is 5.56 Å². The van der Waals surface area contributed by atoms with Crippen LogP contribution in [0.25, 0.3) is 0 Å². The van der Waals surface area contributed by atoms with Crippen LogP contribution in [0.4, 0.5) is 0 Å². The number of methoxy groups -OCH3 is 1. The van der Waals surface area contributed by atoms with Gasteiger partial charge in [0.15, 0.2) is 0 Å². The second kappa shape index (κ2) is 6.51. The molecule has 8 heteroatoms. The maximum absolute atomic E-state index is 13.0. The number of nitrogens with zero attached hydrogens (tertiary/aromatic N) is 1. The Balaban J connectivity index is 1.58. The number of hydrogen-bond donors (Lipinski definition) is 0. The van der Waals surface area contributed by atoms with Crippen molar-refractivity contribution in [2.24, 2.45) is 0 Å². The van der Waals surface area contributed by atoms with Crippen LogP contribution in [0.15, 0.2) is 47.4 Å². The topological polar surface area (TPSA) is 72.9 Å². The first-order valence-electron chi connectivity index (χ1n) is 8.54. The summed E-state index contributed by atoms with van der Waals surface area (Å²) < 4.78 is 38.1. The maximum atomic E-state index is 13.0. The van der Waals surface area contributed by atoms with Crippen LogP contribution in [0.2, 0.25) is 5.02 Å². The Bertz CT molecular complexity index is 1010. The van der Waals surface area contributed by atoms with Crippen LogP contribution in [0.1, 0.15) is 28.8 Å². The Morgan fingerprint density at radius 2 is 1.85 bits per heavy atom. The van der Waals surface area contributed by atoms with Crippen LogP contribution in [0, 0.1) is 0 Å². The molecule has 27 heavy (non-hydrogen) atoms. The lowest BCUT2D eigenvalue weighted by atomic mass is 9.84. The van der Waals surface area contributed by atoms with Gasteiger partial charge in [0.05, 0.1) is 22.6 Å². The molecule has 0 N–H and O–H groups in total. The van der Waals surface area contributed by atoms with Crippen LogP contribution in [-0.2, 0) is 20.4 Å². The molecule has 2 heterocycles. The zero-order valence-electron chi connectivity index (χ0n) is 14.6. The van der Waals surface area contributed by atoms with Crippen LogP contribution in [0.3, 0.4) is 0 Å². The third kappa shape index (κ3) is 2.90. The first-order valence-corrected chi connectivity index (χ1v) is 10.4. The van der Waals surface area contributed by atoms with E-state index in [9.17, 15) is 13.2 Å². The molecule has 0 aliphatic carbocycles. The average Bonchev–Trinajstić information content (AvgIpc) is 2.94. The van der Waals surface area contributed by atoms with Crippen LogP contribution >= 0.6 is 11.6 Å². The number of benzene rings is 2. The molecule has 2 aromatic carbocycles. The van der Waals surface area contributed by atoms with Crippen molar-refractivity contribution in [1.82, 2.24) is 4.31 Å². The summed E-state index contributed by atoms with van der Waals surface area (Å²) in [6, 6.07) is 11.7. The molecule has 6 nitrogen and oxygen atoms in total. The molecule has 4 rings (SSSR count). The standard InChI is InChI=1S/C19H18ClNO5S/c1-25-17-7-6-13(12-16(17)20)27(23,24)21-10-8-19(9-11-21)15-5-3-2-4-14(15)18(22)26-19/h2-7,12H,8-11H2,1H3. The molecule has 0 bridgehead atoms. The molecule has 0 aromatic heterocycles. The third-order valence-corrected chi connectivity index (χ3v) is 7.41. The molecule has 0 radical (unpaired) electrons. The third-order valence-electron chi connectivity index (χ3n) is 5.22. The number of fused-ring (bicyclic) bond motifs is 2. The van der Waals surface area contributed by atoms with Crippen molar-refractivity contribution >= 4 is 27.6 Å². The minimum Gasteiger partial charge on any atom is -0.495 e. The quantitative estimate of drug-likeness (QED) is 0.730. The van der Waals surface area contributed by atoms with E-state index >= 15 is 0 Å². The summed E-state index contributed by atoms with van der Waals surface area (Å²) in [6.45, 7) is 0.515. The van der Waals surface area contributed by atoms with Crippen molar-refractivity contribution < 1.29 is 22.7 Å². The summed E-state index contributed by atoms with van der Waals surface area (Å²) in [7, 11) is -2.22. The van der Waals surface area contributed by atoms with Gasteiger partial charge in [0.2, 0.25) is 10.0 Å². The average molecular weight is 408 g/mol. The van der Waals surface area contributed by atoms with Gasteiger partial charge < -0.3 is 9.47 Å². The molecule has 1 spiro atoms. The highest BCUT2D eigenvalue weighted by atomic mass is 35.5. The van der Waals surface area contributed by atoms with Gasteiger partial charge in [0, 0.05) is 31.5 Å². The summed E-state index contributed by atoms with van der Waals surface area (Å²) in [5.74, 6) is 0.0755. The largest absolute Gasteiger partial charge is 0.495 e. The fourth-order valence-electron chi connectivity index (χ4n) is 3.76. The first kappa shape index (κ1) is 18.3. The van der Waals surface area contributed by atoms with Gasteiger partial charge >= 0.3 is 5.97 Å². The number of carbonyl (C=O) groups excluding carboxylic acids is 1. The van der Waals surface area contributed by atoms with E-state index < -0.39 is 15.6 Å². The van der Waals surface area contributed by atoms with Gasteiger partial charge in [-0.15, -0.1) is 0 Å². The predicted molar refractivity (Wildman–Crippen MR) is 99.5 cm³/mol. The molecule has 0 atom stereocenters. The SMILES string of the molecule is COc1ccc(S(=O)(=O)N2CCC3(CC2)OC(=O)c2ccccc23)cc1Cl. The van der Waals surface area contributed by atoms with Crippen LogP contribution in [0.5, 0.6) is 5.75 Å². The molecular formula is C19H18ClNO5S. The molecule has 142 valence electrons. The normalized spacial score (nSPS) is 19.0. The molecule has 1 fully saturated rings. The minimum absolute atomic E-state index is 0.119. The lowest BCUT2D eigenvalue weighted by Crippen LogP contribution is -2.45. The Morgan fingerprint density at radius 3 is 2.52 bits per heavy atom. The number of carbonyl (C=O) groups is 1. The molecule has 2 aliphatic heterocycles. The van der Waals surface area contributed by atoms with Gasteiger partial charge in [-0.1, -0.05) is 29.8 Å². The number of piperidine rings is 1. The predicted octanol–water partition coefficient (Wildman–Crippen LogP) is 3.20. The number of rotatable bonds is 3. The minimum atomic E-state index is -3.69. The maximum Gasteiger partial charge on any atom is 0.339 e. The van der Waals surface area contributed by atoms with Crippen LogP contribution in [-0.4, -0.2) is 38.9 Å². The van der Waals surface area contributed by atoms with Gasteiger partial charge in [-0.2, -0.15) is 4.31 Å². The van der Waals surface area contributed by atoms with Gasteiger partial charge in [-0.3, -0.25) is 0 Å². The number of sulfonamides is 1. The fraction of sp³-hybridized carbons (Fsp3) is 0.316. The number of halogens is 1. The molecule has 2 aromatic rings. The number of ether oxygens (including phenoxy) is 2. The van der Waals surface area contributed by atoms with Crippen LogP contribution < -0.4 is 4.74 Å². The van der Waals surface area contributed by atoms with Crippen molar-refractivity contribution in [3.8, 4) is 5.75 Å². The number of esters is 1. The summed E-state index contributed by atoms with van der Waals surface area (Å²) >= 11 is 6.08. The van der Waals surface area contributed by atoms with E-state index in [4.69, 9.17) is 21.1 Å². The molecule has 0 unspecified atom stereocenters. The van der Waals surface area contributed by atoms with Crippen molar-refractivity contribution in [3.05, 3.63) is 58.6 Å². The van der Waals surface area contributed by atoms with Gasteiger partial charge in [-0.25, -0.2) is 13.2 Å². The molecular weight excluding hydrogens is 390 g/mol. The summed E-state index contributed by atoms with van der Waals surface area (Å²) in [4.78, 5) is 12.3. The van der Waals surface area contributed by atoms with E-state index in [1.807, 2.05) is 12.1 Å². The van der Waals surface area contributed by atoms with E-state index in [-0.39, 0.29) is 29.0 Å². The number of hydrogen-bond acceptors (Lipinski definition) is 5. The van der Waals surface area contributed by atoms with Crippen molar-refractivity contribution in [2.75, 3.05) is 20.2 Å². The Hall–Kier alpha value is -2.09. The van der Waals surface area contributed by atoms with Gasteiger partial charge in [0.1, 0.15) is 11.4 Å². The molecule has 0 saturated carbocycles. The lowest BCUT2D eigenvalue weighted by Gasteiger charge is -2.37. The van der Waals surface area contributed by atoms with Crippen molar-refractivity contribution in [1.29, 1.82) is 0 Å². The second-order valence-electron chi connectivity index (χ2n) is 6.63. The van der Waals surface area contributed by atoms with E-state index in [1.54, 1.807) is 12.1 Å². The highest BCUT2D eigenvalue weighted by molar-refractivity contribution is 7.89. The second-order valence-corrected chi connectivity index (χ2v) is 8.97. The highest BCUT2D eigenvalue weighted by Crippen LogP contribution is 2.44. The first-order chi connectivity index (χ1) is 12.9. The van der Waals surface area contributed by atoms with Crippen molar-refractivity contribution in [3.63, 3.8) is 0 Å². The molecule has 2 aliphatic rings. The highest BCUT2D eigenvalue weighted by Gasteiger charge is 2.48. The van der Waals surface area contributed by atoms with Gasteiger partial charge in [0.25, 0.3) is 0 Å². The van der Waals surface area contributed by atoms with Gasteiger partial charge in [-0.05, 0) is 24.3 Å². The monoisotopic (exact) mass is 407 g/mol. The van der Waals surface area contributed by atoms with Crippen molar-refractivity contribution in [2.45, 2.75) is 23.3 Å². The molecule has 1 saturated heterocycles. The Labute approximate surface area is 162 Å². The zero-order valence-corrected chi connectivity index (χ0v) is 16.2. The summed E-state index contributed by atoms with van der Waals surface area (Å²) in [5, 5.41) is 0.241. The van der Waals surface area contributed by atoms with E-state index in [2.05, 4.69) is 0 Å². The summed E-state index contributed by atoms with van der Waals surface area (Å²) in [5.41, 5.74) is 0.673. The fourth-order valence-corrected chi connectivity index (χ4v) is 5.55.